The van der Waals surface area contributed by atoms with Crippen molar-refractivity contribution in [3.63, 3.8) is 0 Å². The van der Waals surface area contributed by atoms with Crippen molar-refractivity contribution in [2.24, 2.45) is 0 Å². The minimum Gasteiger partial charge on any atom is -0.377 e. The van der Waals surface area contributed by atoms with Crippen LogP contribution in [0.4, 0.5) is 5.69 Å². The molecule has 1 aromatic heterocycles. The lowest BCUT2D eigenvalue weighted by atomic mass is 10.1. The van der Waals surface area contributed by atoms with Crippen molar-refractivity contribution < 1.29 is 4.74 Å². The summed E-state index contributed by atoms with van der Waals surface area (Å²) in [4.78, 5) is 6.68. The van der Waals surface area contributed by atoms with Crippen molar-refractivity contribution in [3.8, 4) is 0 Å². The van der Waals surface area contributed by atoms with E-state index in [1.54, 1.807) is 0 Å². The number of morpholine rings is 1. The lowest BCUT2D eigenvalue weighted by molar-refractivity contribution is 0.0988. The molecule has 0 saturated carbocycles. The zero-order chi connectivity index (χ0) is 12.8. The number of rotatable bonds is 5. The first-order chi connectivity index (χ1) is 8.83. The van der Waals surface area contributed by atoms with Crippen LogP contribution in [0.1, 0.15) is 25.8 Å². The largest absolute Gasteiger partial charge is 0.377 e. The minimum atomic E-state index is 0.424. The lowest BCUT2D eigenvalue weighted by Crippen LogP contribution is -2.44. The van der Waals surface area contributed by atoms with Crippen LogP contribution in [0, 0.1) is 0 Å². The third-order valence-electron chi connectivity index (χ3n) is 3.31. The van der Waals surface area contributed by atoms with E-state index in [-0.39, 0.29) is 0 Å². The van der Waals surface area contributed by atoms with Gasteiger partial charge in [0.1, 0.15) is 0 Å². The Morgan fingerprint density at radius 3 is 3.22 bits per heavy atom. The quantitative estimate of drug-likeness (QED) is 0.808. The van der Waals surface area contributed by atoms with Crippen molar-refractivity contribution in [2.75, 3.05) is 31.2 Å². The van der Waals surface area contributed by atoms with Crippen LogP contribution in [-0.2, 0) is 11.3 Å². The first-order valence-corrected chi connectivity index (χ1v) is 6.81. The van der Waals surface area contributed by atoms with E-state index in [0.717, 1.165) is 39.3 Å². The van der Waals surface area contributed by atoms with Gasteiger partial charge in [0.05, 0.1) is 25.1 Å². The van der Waals surface area contributed by atoms with Gasteiger partial charge in [0.25, 0.3) is 0 Å². The summed E-state index contributed by atoms with van der Waals surface area (Å²) in [6, 6.07) is 2.54. The maximum absolute atomic E-state index is 5.49. The number of aromatic nitrogens is 1. The summed E-state index contributed by atoms with van der Waals surface area (Å²) in [6.07, 6.45) is 5.01. The van der Waals surface area contributed by atoms with Crippen LogP contribution in [0.25, 0.3) is 0 Å². The van der Waals surface area contributed by atoms with E-state index >= 15 is 0 Å². The molecule has 0 aliphatic carbocycles. The number of ether oxygens (including phenoxy) is 1. The van der Waals surface area contributed by atoms with Gasteiger partial charge in [0.15, 0.2) is 0 Å². The van der Waals surface area contributed by atoms with E-state index in [1.807, 2.05) is 12.4 Å². The van der Waals surface area contributed by atoms with Crippen molar-refractivity contribution >= 4 is 5.69 Å². The zero-order valence-electron chi connectivity index (χ0n) is 11.4. The molecule has 1 atom stereocenters. The van der Waals surface area contributed by atoms with E-state index < -0.39 is 0 Å². The van der Waals surface area contributed by atoms with Gasteiger partial charge in [0.2, 0.25) is 0 Å². The SMILES string of the molecule is CCCNCc1ccncc1N1CCOCC1C. The molecule has 1 aliphatic rings. The highest BCUT2D eigenvalue weighted by molar-refractivity contribution is 5.52. The predicted octanol–water partition coefficient (Wildman–Crippen LogP) is 1.81. The Balaban J connectivity index is 2.10. The van der Waals surface area contributed by atoms with Crippen LogP contribution in [-0.4, -0.2) is 37.3 Å². The molecule has 2 rings (SSSR count). The van der Waals surface area contributed by atoms with Gasteiger partial charge in [-0.25, -0.2) is 0 Å². The van der Waals surface area contributed by atoms with Gasteiger partial charge >= 0.3 is 0 Å². The molecule has 1 unspecified atom stereocenters. The zero-order valence-corrected chi connectivity index (χ0v) is 11.4. The van der Waals surface area contributed by atoms with Gasteiger partial charge < -0.3 is 15.0 Å². The Labute approximate surface area is 109 Å². The van der Waals surface area contributed by atoms with Gasteiger partial charge in [-0.2, -0.15) is 0 Å². The van der Waals surface area contributed by atoms with Crippen LogP contribution < -0.4 is 10.2 Å². The Morgan fingerprint density at radius 1 is 1.56 bits per heavy atom. The van der Waals surface area contributed by atoms with Crippen molar-refractivity contribution in [2.45, 2.75) is 32.9 Å². The fourth-order valence-electron chi connectivity index (χ4n) is 2.31. The van der Waals surface area contributed by atoms with E-state index in [4.69, 9.17) is 4.74 Å². The number of hydrogen-bond donors (Lipinski definition) is 1. The van der Waals surface area contributed by atoms with Crippen molar-refractivity contribution in [3.05, 3.63) is 24.0 Å². The number of anilines is 1. The highest BCUT2D eigenvalue weighted by atomic mass is 16.5. The molecule has 0 amide bonds. The van der Waals surface area contributed by atoms with Crippen LogP contribution in [0.2, 0.25) is 0 Å². The number of nitrogens with one attached hydrogen (secondary N) is 1. The van der Waals surface area contributed by atoms with Crippen LogP contribution in [0.5, 0.6) is 0 Å². The number of pyridine rings is 1. The van der Waals surface area contributed by atoms with E-state index in [1.165, 1.54) is 11.3 Å². The van der Waals surface area contributed by atoms with Gasteiger partial charge in [-0.3, -0.25) is 4.98 Å². The third kappa shape index (κ3) is 3.21. The number of hydrogen-bond acceptors (Lipinski definition) is 4. The molecule has 18 heavy (non-hydrogen) atoms. The molecular formula is C14H23N3O. The Hall–Kier alpha value is -1.13. The van der Waals surface area contributed by atoms with E-state index in [2.05, 4.69) is 35.1 Å². The molecule has 0 radical (unpaired) electrons. The van der Waals surface area contributed by atoms with E-state index in [9.17, 15) is 0 Å². The Bertz CT molecular complexity index is 370. The van der Waals surface area contributed by atoms with Gasteiger partial charge in [-0.05, 0) is 31.5 Å². The van der Waals surface area contributed by atoms with Crippen molar-refractivity contribution in [1.82, 2.24) is 10.3 Å². The summed E-state index contributed by atoms with van der Waals surface area (Å²) in [5.74, 6) is 0. The standard InChI is InChI=1S/C14H23N3O/c1-3-5-15-9-13-4-6-16-10-14(13)17-7-8-18-11-12(17)2/h4,6,10,12,15H,3,5,7-9,11H2,1-2H3. The molecule has 1 aromatic rings. The topological polar surface area (TPSA) is 37.4 Å². The van der Waals surface area contributed by atoms with Crippen LogP contribution in [0.15, 0.2) is 18.5 Å². The molecular weight excluding hydrogens is 226 g/mol. The third-order valence-corrected chi connectivity index (χ3v) is 3.31. The second kappa shape index (κ2) is 6.71. The molecule has 0 spiro atoms. The molecule has 0 bridgehead atoms. The summed E-state index contributed by atoms with van der Waals surface area (Å²) in [7, 11) is 0. The fraction of sp³-hybridized carbons (Fsp3) is 0.643. The van der Waals surface area contributed by atoms with Crippen molar-refractivity contribution in [1.29, 1.82) is 0 Å². The molecule has 4 heteroatoms. The summed E-state index contributed by atoms with van der Waals surface area (Å²) in [5, 5.41) is 3.46. The first-order valence-electron chi connectivity index (χ1n) is 6.81. The van der Waals surface area contributed by atoms with Gasteiger partial charge in [-0.1, -0.05) is 6.92 Å². The normalized spacial score (nSPS) is 20.1. The Kier molecular flexibility index (Phi) is 4.96. The molecule has 0 aromatic carbocycles. The maximum Gasteiger partial charge on any atom is 0.0668 e. The van der Waals surface area contributed by atoms with Gasteiger partial charge in [0, 0.05) is 25.3 Å². The molecule has 1 fully saturated rings. The average molecular weight is 249 g/mol. The lowest BCUT2D eigenvalue weighted by Gasteiger charge is -2.36. The highest BCUT2D eigenvalue weighted by Gasteiger charge is 2.21. The average Bonchev–Trinajstić information content (AvgIpc) is 2.40. The smallest absolute Gasteiger partial charge is 0.0668 e. The summed E-state index contributed by atoms with van der Waals surface area (Å²) in [6.45, 7) is 8.92. The Morgan fingerprint density at radius 2 is 2.44 bits per heavy atom. The molecule has 1 aliphatic heterocycles. The van der Waals surface area contributed by atoms with E-state index in [0.29, 0.717) is 6.04 Å². The first kappa shape index (κ1) is 13.3. The van der Waals surface area contributed by atoms with Gasteiger partial charge in [-0.15, -0.1) is 0 Å². The fourth-order valence-corrected chi connectivity index (χ4v) is 2.31. The molecule has 4 nitrogen and oxygen atoms in total. The molecule has 2 heterocycles. The maximum atomic E-state index is 5.49. The predicted molar refractivity (Wildman–Crippen MR) is 73.9 cm³/mol. The molecule has 1 saturated heterocycles. The second-order valence-electron chi connectivity index (χ2n) is 4.80. The summed E-state index contributed by atoms with van der Waals surface area (Å²) >= 11 is 0. The van der Waals surface area contributed by atoms with Crippen LogP contribution >= 0.6 is 0 Å². The monoisotopic (exact) mass is 249 g/mol. The summed E-state index contributed by atoms with van der Waals surface area (Å²) in [5.41, 5.74) is 2.57. The highest BCUT2D eigenvalue weighted by Crippen LogP contribution is 2.23. The van der Waals surface area contributed by atoms with Crippen LogP contribution in [0.3, 0.4) is 0 Å². The second-order valence-corrected chi connectivity index (χ2v) is 4.80. The summed E-state index contributed by atoms with van der Waals surface area (Å²) < 4.78 is 5.49. The molecule has 100 valence electrons. The minimum absolute atomic E-state index is 0.424. The molecule has 1 N–H and O–H groups in total. The number of nitrogens with zero attached hydrogens (tertiary/aromatic N) is 2.